The summed E-state index contributed by atoms with van der Waals surface area (Å²) in [5.41, 5.74) is -0.156. The Morgan fingerprint density at radius 3 is 2.75 bits per heavy atom. The number of imidazole rings is 1. The number of hydrogen-bond acceptors (Lipinski definition) is 5. The molecule has 3 heterocycles. The van der Waals surface area contributed by atoms with Gasteiger partial charge in [-0.05, 0) is 6.92 Å². The highest BCUT2D eigenvalue weighted by Gasteiger charge is 2.36. The third-order valence-corrected chi connectivity index (χ3v) is 4.19. The van der Waals surface area contributed by atoms with Crippen LogP contribution in [-0.2, 0) is 5.72 Å². The van der Waals surface area contributed by atoms with Crippen LogP contribution in [0.5, 0.6) is 0 Å². The van der Waals surface area contributed by atoms with Crippen molar-refractivity contribution in [2.75, 3.05) is 5.75 Å². The van der Waals surface area contributed by atoms with Crippen LogP contribution in [0.2, 0.25) is 10.3 Å². The molecule has 0 spiro atoms. The molecule has 2 aromatic rings. The third-order valence-electron chi connectivity index (χ3n) is 2.34. The van der Waals surface area contributed by atoms with Gasteiger partial charge >= 0.3 is 0 Å². The quantitative estimate of drug-likeness (QED) is 0.796. The van der Waals surface area contributed by atoms with Crippen LogP contribution < -0.4 is 0 Å². The van der Waals surface area contributed by atoms with Gasteiger partial charge in [0.25, 0.3) is 0 Å². The average molecular weight is 277 g/mol. The molecule has 0 bridgehead atoms. The lowest BCUT2D eigenvalue weighted by atomic mass is 10.3. The summed E-state index contributed by atoms with van der Waals surface area (Å²) >= 11 is 13.0. The Morgan fingerprint density at radius 2 is 2.00 bits per heavy atom. The summed E-state index contributed by atoms with van der Waals surface area (Å²) in [4.78, 5) is 12.4. The fraction of sp³-hybridized carbons (Fsp3) is 0.375. The van der Waals surface area contributed by atoms with E-state index in [0.29, 0.717) is 22.2 Å². The van der Waals surface area contributed by atoms with E-state index in [1.54, 1.807) is 11.5 Å². The Bertz CT molecular complexity index is 597. The minimum absolute atomic E-state index is 0.115. The van der Waals surface area contributed by atoms with E-state index in [9.17, 15) is 5.11 Å². The fourth-order valence-corrected chi connectivity index (χ4v) is 2.97. The maximum Gasteiger partial charge on any atom is 0.200 e. The zero-order valence-corrected chi connectivity index (χ0v) is 10.4. The van der Waals surface area contributed by atoms with Crippen LogP contribution in [0.25, 0.3) is 11.3 Å². The lowest BCUT2D eigenvalue weighted by molar-refractivity contribution is 0.00916. The number of aliphatic hydroxyl groups is 1. The minimum atomic E-state index is -1.01. The Labute approximate surface area is 105 Å². The minimum Gasteiger partial charge on any atom is -0.370 e. The maximum absolute atomic E-state index is 10.2. The van der Waals surface area contributed by atoms with E-state index >= 15 is 0 Å². The van der Waals surface area contributed by atoms with Gasteiger partial charge in [0.2, 0.25) is 0 Å². The molecule has 84 valence electrons. The largest absolute Gasteiger partial charge is 0.370 e. The number of aromatic nitrogens is 4. The van der Waals surface area contributed by atoms with E-state index in [0.717, 1.165) is 0 Å². The molecule has 0 saturated heterocycles. The first-order valence-electron chi connectivity index (χ1n) is 4.46. The first kappa shape index (κ1) is 10.6. The van der Waals surface area contributed by atoms with Crippen molar-refractivity contribution >= 4 is 46.3 Å². The van der Waals surface area contributed by atoms with E-state index in [2.05, 4.69) is 15.0 Å². The van der Waals surface area contributed by atoms with Gasteiger partial charge in [-0.2, -0.15) is 0 Å². The molecule has 0 aliphatic carbocycles. The second-order valence-corrected chi connectivity index (χ2v) is 5.35. The van der Waals surface area contributed by atoms with Crippen LogP contribution in [0, 0.1) is 0 Å². The predicted molar refractivity (Wildman–Crippen MR) is 61.9 cm³/mol. The molecule has 1 unspecified atom stereocenters. The highest BCUT2D eigenvalue weighted by atomic mass is 35.5. The van der Waals surface area contributed by atoms with Crippen molar-refractivity contribution in [3.8, 4) is 0 Å². The van der Waals surface area contributed by atoms with Gasteiger partial charge in [0.15, 0.2) is 32.5 Å². The van der Waals surface area contributed by atoms with Gasteiger partial charge in [-0.3, -0.25) is 4.57 Å². The monoisotopic (exact) mass is 276 g/mol. The number of halogens is 2. The van der Waals surface area contributed by atoms with Crippen molar-refractivity contribution in [3.05, 3.63) is 10.3 Å². The second kappa shape index (κ2) is 3.22. The van der Waals surface area contributed by atoms with E-state index in [4.69, 9.17) is 23.2 Å². The van der Waals surface area contributed by atoms with Crippen molar-refractivity contribution in [2.24, 2.45) is 0 Å². The van der Waals surface area contributed by atoms with Crippen LogP contribution in [0.3, 0.4) is 0 Å². The normalized spacial score (nSPS) is 24.0. The van der Waals surface area contributed by atoms with Gasteiger partial charge in [-0.15, -0.1) is 0 Å². The lowest BCUT2D eigenvalue weighted by Gasteiger charge is -2.18. The number of nitrogens with zero attached hydrogens (tertiary/aromatic N) is 4. The molecule has 0 saturated carbocycles. The standard InChI is InChI=1S/C8H6Cl2N4OS/c1-8(15)2-16-7-13-5-6(14(7)8)12-4(10)3(9)11-5/h15H,2H2,1H3. The predicted octanol–water partition coefficient (Wildman–Crippen LogP) is 1.90. The van der Waals surface area contributed by atoms with Crippen LogP contribution in [0.15, 0.2) is 5.16 Å². The van der Waals surface area contributed by atoms with Crippen molar-refractivity contribution in [2.45, 2.75) is 17.8 Å². The highest BCUT2D eigenvalue weighted by molar-refractivity contribution is 7.99. The molecule has 8 heteroatoms. The molecule has 1 atom stereocenters. The SMILES string of the molecule is CC1(O)CSc2nc3nc(Cl)c(Cl)nc3n21. The summed E-state index contributed by atoms with van der Waals surface area (Å²) in [7, 11) is 0. The topological polar surface area (TPSA) is 63.8 Å². The Morgan fingerprint density at radius 1 is 1.31 bits per heavy atom. The number of hydrogen-bond donors (Lipinski definition) is 1. The van der Waals surface area contributed by atoms with Gasteiger partial charge in [0.05, 0.1) is 0 Å². The van der Waals surface area contributed by atoms with Gasteiger partial charge < -0.3 is 5.11 Å². The Kier molecular flexibility index (Phi) is 2.13. The fourth-order valence-electron chi connectivity index (χ4n) is 1.63. The molecule has 1 N–H and O–H groups in total. The summed E-state index contributed by atoms with van der Waals surface area (Å²) in [5, 5.41) is 11.1. The molecule has 5 nitrogen and oxygen atoms in total. The van der Waals surface area contributed by atoms with Crippen LogP contribution in [0.4, 0.5) is 0 Å². The molecule has 1 aliphatic heterocycles. The van der Waals surface area contributed by atoms with Crippen LogP contribution >= 0.6 is 35.0 Å². The molecule has 0 amide bonds. The molecule has 0 radical (unpaired) electrons. The van der Waals surface area contributed by atoms with Crippen molar-refractivity contribution in [1.82, 2.24) is 19.5 Å². The lowest BCUT2D eigenvalue weighted by Crippen LogP contribution is -2.28. The number of fused-ring (bicyclic) bond motifs is 3. The average Bonchev–Trinajstić information content (AvgIpc) is 2.67. The van der Waals surface area contributed by atoms with Crippen molar-refractivity contribution < 1.29 is 5.11 Å². The van der Waals surface area contributed by atoms with E-state index in [1.165, 1.54) is 11.8 Å². The molecule has 0 fully saturated rings. The summed E-state index contributed by atoms with van der Waals surface area (Å²) in [6.07, 6.45) is 0. The smallest absolute Gasteiger partial charge is 0.200 e. The summed E-state index contributed by atoms with van der Waals surface area (Å²) < 4.78 is 1.63. The van der Waals surface area contributed by atoms with E-state index in [1.807, 2.05) is 0 Å². The maximum atomic E-state index is 10.2. The highest BCUT2D eigenvalue weighted by Crippen LogP contribution is 2.38. The molecule has 16 heavy (non-hydrogen) atoms. The molecular weight excluding hydrogens is 271 g/mol. The zero-order chi connectivity index (χ0) is 11.5. The van der Waals surface area contributed by atoms with Crippen LogP contribution in [0.1, 0.15) is 6.92 Å². The Hall–Kier alpha value is -0.560. The summed E-state index contributed by atoms with van der Waals surface area (Å²) in [6.45, 7) is 1.70. The molecule has 3 rings (SSSR count). The van der Waals surface area contributed by atoms with Crippen LogP contribution in [-0.4, -0.2) is 30.4 Å². The van der Waals surface area contributed by atoms with Gasteiger partial charge in [0, 0.05) is 5.75 Å². The molecule has 2 aromatic heterocycles. The summed E-state index contributed by atoms with van der Waals surface area (Å²) in [6, 6.07) is 0. The molecule has 0 aromatic carbocycles. The zero-order valence-electron chi connectivity index (χ0n) is 8.11. The van der Waals surface area contributed by atoms with E-state index in [-0.39, 0.29) is 10.3 Å². The van der Waals surface area contributed by atoms with Gasteiger partial charge in [0.1, 0.15) is 0 Å². The number of thioether (sulfide) groups is 1. The first-order valence-corrected chi connectivity index (χ1v) is 6.20. The molecule has 1 aliphatic rings. The second-order valence-electron chi connectivity index (χ2n) is 3.69. The summed E-state index contributed by atoms with van der Waals surface area (Å²) in [5.74, 6) is 0.535. The Balaban J connectivity index is 2.39. The van der Waals surface area contributed by atoms with E-state index < -0.39 is 5.72 Å². The van der Waals surface area contributed by atoms with Gasteiger partial charge in [-0.1, -0.05) is 35.0 Å². The molecular formula is C8H6Cl2N4OS. The first-order chi connectivity index (χ1) is 7.49. The third kappa shape index (κ3) is 1.34. The van der Waals surface area contributed by atoms with Crippen molar-refractivity contribution in [1.29, 1.82) is 0 Å². The van der Waals surface area contributed by atoms with Crippen molar-refractivity contribution in [3.63, 3.8) is 0 Å². The number of rotatable bonds is 0. The van der Waals surface area contributed by atoms with Gasteiger partial charge in [-0.25, -0.2) is 15.0 Å².